The van der Waals surface area contributed by atoms with Gasteiger partial charge in [-0.2, -0.15) is 13.2 Å². The fourth-order valence-electron chi connectivity index (χ4n) is 0.579. The maximum Gasteiger partial charge on any atom is 0.389 e. The SMILES string of the molecule is CNC(=O)NCCCC(F)(F)F. The summed E-state index contributed by atoms with van der Waals surface area (Å²) >= 11 is 0. The molecular weight excluding hydrogens is 173 g/mol. The number of carbonyl (C=O) groups excluding carboxylic acids is 1. The van der Waals surface area contributed by atoms with Crippen molar-refractivity contribution in [3.63, 3.8) is 0 Å². The zero-order chi connectivity index (χ0) is 9.61. The van der Waals surface area contributed by atoms with Gasteiger partial charge in [-0.05, 0) is 6.42 Å². The predicted molar refractivity (Wildman–Crippen MR) is 37.7 cm³/mol. The van der Waals surface area contributed by atoms with Crippen molar-refractivity contribution < 1.29 is 18.0 Å². The zero-order valence-corrected chi connectivity index (χ0v) is 6.66. The van der Waals surface area contributed by atoms with E-state index in [9.17, 15) is 18.0 Å². The van der Waals surface area contributed by atoms with Crippen LogP contribution in [0.15, 0.2) is 0 Å². The first-order valence-corrected chi connectivity index (χ1v) is 3.48. The highest BCUT2D eigenvalue weighted by Crippen LogP contribution is 2.20. The van der Waals surface area contributed by atoms with E-state index in [1.165, 1.54) is 7.05 Å². The van der Waals surface area contributed by atoms with Crippen LogP contribution < -0.4 is 10.6 Å². The second-order valence-corrected chi connectivity index (χ2v) is 2.22. The predicted octanol–water partition coefficient (Wildman–Crippen LogP) is 1.26. The van der Waals surface area contributed by atoms with E-state index in [1.807, 2.05) is 0 Å². The summed E-state index contributed by atoms with van der Waals surface area (Å²) in [4.78, 5) is 10.4. The van der Waals surface area contributed by atoms with Gasteiger partial charge in [-0.15, -0.1) is 0 Å². The maximum atomic E-state index is 11.5. The third kappa shape index (κ3) is 7.17. The Balaban J connectivity index is 3.28. The molecule has 0 aromatic carbocycles. The van der Waals surface area contributed by atoms with Crippen LogP contribution in [0, 0.1) is 0 Å². The molecule has 0 saturated carbocycles. The van der Waals surface area contributed by atoms with Crippen molar-refractivity contribution in [3.8, 4) is 0 Å². The molecule has 3 nitrogen and oxygen atoms in total. The van der Waals surface area contributed by atoms with Gasteiger partial charge in [-0.1, -0.05) is 0 Å². The van der Waals surface area contributed by atoms with E-state index in [2.05, 4.69) is 10.6 Å². The molecule has 2 amide bonds. The van der Waals surface area contributed by atoms with Crippen LogP contribution in [0.25, 0.3) is 0 Å². The molecule has 72 valence electrons. The molecule has 0 radical (unpaired) electrons. The van der Waals surface area contributed by atoms with Crippen LogP contribution in [0.4, 0.5) is 18.0 Å². The highest BCUT2D eigenvalue weighted by molar-refractivity contribution is 5.73. The lowest BCUT2D eigenvalue weighted by Gasteiger charge is -2.06. The average molecular weight is 184 g/mol. The van der Waals surface area contributed by atoms with Crippen molar-refractivity contribution in [1.82, 2.24) is 10.6 Å². The summed E-state index contributed by atoms with van der Waals surface area (Å²) in [7, 11) is 1.40. The van der Waals surface area contributed by atoms with E-state index >= 15 is 0 Å². The Labute approximate surface area is 68.3 Å². The van der Waals surface area contributed by atoms with Gasteiger partial charge >= 0.3 is 12.2 Å². The van der Waals surface area contributed by atoms with Gasteiger partial charge in [-0.25, -0.2) is 4.79 Å². The minimum absolute atomic E-state index is 0.0409. The number of hydrogen-bond acceptors (Lipinski definition) is 1. The number of nitrogens with one attached hydrogen (secondary N) is 2. The Hall–Kier alpha value is -0.940. The van der Waals surface area contributed by atoms with Gasteiger partial charge in [0.1, 0.15) is 0 Å². The van der Waals surface area contributed by atoms with Gasteiger partial charge in [-0.3, -0.25) is 0 Å². The molecule has 0 fully saturated rings. The molecule has 6 heteroatoms. The summed E-state index contributed by atoms with van der Waals surface area (Å²) in [6.07, 6.45) is -5.09. The molecule has 0 aliphatic carbocycles. The summed E-state index contributed by atoms with van der Waals surface area (Å²) in [5.41, 5.74) is 0. The first-order valence-electron chi connectivity index (χ1n) is 3.48. The minimum Gasteiger partial charge on any atom is -0.341 e. The van der Waals surface area contributed by atoms with Crippen molar-refractivity contribution in [2.45, 2.75) is 19.0 Å². The number of alkyl halides is 3. The Morgan fingerprint density at radius 2 is 2.00 bits per heavy atom. The van der Waals surface area contributed by atoms with E-state index in [-0.39, 0.29) is 13.0 Å². The second-order valence-electron chi connectivity index (χ2n) is 2.22. The van der Waals surface area contributed by atoms with Crippen LogP contribution in [0.2, 0.25) is 0 Å². The fraction of sp³-hybridized carbons (Fsp3) is 0.833. The van der Waals surface area contributed by atoms with E-state index in [4.69, 9.17) is 0 Å². The molecular formula is C6H11F3N2O. The number of hydrogen-bond donors (Lipinski definition) is 2. The Morgan fingerprint density at radius 1 is 1.42 bits per heavy atom. The third-order valence-corrected chi connectivity index (χ3v) is 1.15. The molecule has 0 heterocycles. The summed E-state index contributed by atoms with van der Waals surface area (Å²) in [6, 6.07) is -0.461. The largest absolute Gasteiger partial charge is 0.389 e. The lowest BCUT2D eigenvalue weighted by molar-refractivity contribution is -0.135. The number of urea groups is 1. The van der Waals surface area contributed by atoms with Crippen LogP contribution in [0.3, 0.4) is 0 Å². The van der Waals surface area contributed by atoms with Gasteiger partial charge in [0.25, 0.3) is 0 Å². The van der Waals surface area contributed by atoms with Crippen molar-refractivity contribution >= 4 is 6.03 Å². The molecule has 0 rings (SSSR count). The topological polar surface area (TPSA) is 41.1 Å². The van der Waals surface area contributed by atoms with E-state index in [1.54, 1.807) is 0 Å². The van der Waals surface area contributed by atoms with Crippen LogP contribution in [0.1, 0.15) is 12.8 Å². The molecule has 12 heavy (non-hydrogen) atoms. The third-order valence-electron chi connectivity index (χ3n) is 1.15. The van der Waals surface area contributed by atoms with Gasteiger partial charge in [0.15, 0.2) is 0 Å². The van der Waals surface area contributed by atoms with Gasteiger partial charge in [0, 0.05) is 20.0 Å². The van der Waals surface area contributed by atoms with Gasteiger partial charge < -0.3 is 10.6 Å². The molecule has 0 aromatic rings. The monoisotopic (exact) mass is 184 g/mol. The minimum atomic E-state index is -4.13. The second kappa shape index (κ2) is 4.84. The van der Waals surface area contributed by atoms with E-state index in [0.29, 0.717) is 0 Å². The molecule has 2 N–H and O–H groups in total. The van der Waals surface area contributed by atoms with Crippen molar-refractivity contribution in [1.29, 1.82) is 0 Å². The van der Waals surface area contributed by atoms with Crippen LogP contribution in [0.5, 0.6) is 0 Å². The zero-order valence-electron chi connectivity index (χ0n) is 6.66. The maximum absolute atomic E-state index is 11.5. The molecule has 0 aliphatic rings. The lowest BCUT2D eigenvalue weighted by Crippen LogP contribution is -2.33. The fourth-order valence-corrected chi connectivity index (χ4v) is 0.579. The number of carbonyl (C=O) groups is 1. The Morgan fingerprint density at radius 3 is 2.42 bits per heavy atom. The van der Waals surface area contributed by atoms with Crippen molar-refractivity contribution in [3.05, 3.63) is 0 Å². The average Bonchev–Trinajstić information content (AvgIpc) is 1.96. The first kappa shape index (κ1) is 11.1. The van der Waals surface area contributed by atoms with E-state index in [0.717, 1.165) is 0 Å². The molecule has 0 spiro atoms. The lowest BCUT2D eigenvalue weighted by atomic mass is 10.3. The Bertz CT molecular complexity index is 146. The molecule has 0 aromatic heterocycles. The van der Waals surface area contributed by atoms with Gasteiger partial charge in [0.05, 0.1) is 0 Å². The van der Waals surface area contributed by atoms with E-state index < -0.39 is 18.6 Å². The Kier molecular flexibility index (Phi) is 4.46. The molecule has 0 saturated heterocycles. The molecule has 0 atom stereocenters. The smallest absolute Gasteiger partial charge is 0.341 e. The van der Waals surface area contributed by atoms with Gasteiger partial charge in [0.2, 0.25) is 0 Å². The number of rotatable bonds is 3. The highest BCUT2D eigenvalue weighted by Gasteiger charge is 2.25. The summed E-state index contributed by atoms with van der Waals surface area (Å²) < 4.78 is 34.6. The first-order chi connectivity index (χ1) is 5.45. The highest BCUT2D eigenvalue weighted by atomic mass is 19.4. The van der Waals surface area contributed by atoms with Crippen LogP contribution in [-0.2, 0) is 0 Å². The van der Waals surface area contributed by atoms with Crippen LogP contribution in [-0.4, -0.2) is 25.8 Å². The number of amides is 2. The quantitative estimate of drug-likeness (QED) is 0.637. The summed E-state index contributed by atoms with van der Waals surface area (Å²) in [6.45, 7) is 0.0409. The molecule has 0 unspecified atom stereocenters. The summed E-state index contributed by atoms with van der Waals surface area (Å²) in [5.74, 6) is 0. The summed E-state index contributed by atoms with van der Waals surface area (Å²) in [5, 5.41) is 4.49. The molecule has 0 aliphatic heterocycles. The van der Waals surface area contributed by atoms with Crippen molar-refractivity contribution in [2.24, 2.45) is 0 Å². The normalized spacial score (nSPS) is 11.0. The van der Waals surface area contributed by atoms with Crippen molar-refractivity contribution in [2.75, 3.05) is 13.6 Å². The van der Waals surface area contributed by atoms with Crippen LogP contribution >= 0.6 is 0 Å². The molecule has 0 bridgehead atoms. The number of halogens is 3. The standard InChI is InChI=1S/C6H11F3N2O/c1-10-5(12)11-4-2-3-6(7,8)9/h2-4H2,1H3,(H2,10,11,12).